The Morgan fingerprint density at radius 2 is 1.60 bits per heavy atom. The molecule has 3 unspecified atom stereocenters. The zero-order valence-electron chi connectivity index (χ0n) is 12.4. The Morgan fingerprint density at radius 3 is 2.20 bits per heavy atom. The molecule has 1 saturated carbocycles. The van der Waals surface area contributed by atoms with Crippen LogP contribution in [0.1, 0.15) is 33.6 Å². The SMILES string of the molecule is CC1(C)C=CC(C)(C2C=CC=C2)C2CC[CH-]C21.[Cl-].[Cl-].[Zr+3]. The molecule has 0 aromatic rings. The van der Waals surface area contributed by atoms with Gasteiger partial charge in [-0.2, -0.15) is 12.3 Å². The molecule has 0 aromatic heterocycles. The predicted octanol–water partition coefficient (Wildman–Crippen LogP) is -1.43. The quantitative estimate of drug-likeness (QED) is 0.381. The molecule has 1 fully saturated rings. The molecule has 109 valence electrons. The second-order valence-corrected chi connectivity index (χ2v) is 6.76. The maximum Gasteiger partial charge on any atom is 3.00 e. The molecule has 1 radical (unpaired) electrons. The molecule has 0 spiro atoms. The molecule has 0 nitrogen and oxygen atoms in total. The van der Waals surface area contributed by atoms with E-state index in [1.54, 1.807) is 0 Å². The van der Waals surface area contributed by atoms with E-state index in [1.165, 1.54) is 12.8 Å². The van der Waals surface area contributed by atoms with Crippen molar-refractivity contribution in [2.75, 3.05) is 0 Å². The summed E-state index contributed by atoms with van der Waals surface area (Å²) in [7, 11) is 0. The Labute approximate surface area is 155 Å². The number of hydrogen-bond acceptors (Lipinski definition) is 0. The Bertz CT molecular complexity index is 399. The fraction of sp³-hybridized carbons (Fsp3) is 0.588. The van der Waals surface area contributed by atoms with Crippen LogP contribution < -0.4 is 24.8 Å². The first-order chi connectivity index (χ1) is 8.04. The van der Waals surface area contributed by atoms with E-state index in [9.17, 15) is 0 Å². The molecular weight excluding hydrogens is 366 g/mol. The molecule has 0 aromatic carbocycles. The molecule has 0 aliphatic heterocycles. The van der Waals surface area contributed by atoms with Gasteiger partial charge >= 0.3 is 26.2 Å². The summed E-state index contributed by atoms with van der Waals surface area (Å²) in [5.41, 5.74) is 0.684. The minimum Gasteiger partial charge on any atom is -1.00 e. The molecule has 0 heterocycles. The van der Waals surface area contributed by atoms with Crippen LogP contribution in [-0.2, 0) is 26.2 Å². The van der Waals surface area contributed by atoms with E-state index in [1.807, 2.05) is 0 Å². The number of fused-ring (bicyclic) bond motifs is 1. The van der Waals surface area contributed by atoms with E-state index in [-0.39, 0.29) is 51.0 Å². The van der Waals surface area contributed by atoms with Gasteiger partial charge in [0.25, 0.3) is 0 Å². The van der Waals surface area contributed by atoms with Gasteiger partial charge in [-0.3, -0.25) is 0 Å². The van der Waals surface area contributed by atoms with Gasteiger partial charge in [-0.05, 0) is 10.8 Å². The largest absolute Gasteiger partial charge is 3.00 e. The molecule has 3 aliphatic rings. The summed E-state index contributed by atoms with van der Waals surface area (Å²) < 4.78 is 0. The van der Waals surface area contributed by atoms with Gasteiger partial charge in [0.15, 0.2) is 0 Å². The summed E-state index contributed by atoms with van der Waals surface area (Å²) in [6, 6.07) is 0. The van der Waals surface area contributed by atoms with Gasteiger partial charge in [0.2, 0.25) is 0 Å². The predicted molar refractivity (Wildman–Crippen MR) is 73.3 cm³/mol. The zero-order chi connectivity index (χ0) is 12.1. The number of rotatable bonds is 1. The molecule has 0 saturated heterocycles. The standard InChI is InChI=1S/C17H23.2ClH.Zr/c1-16(2)11-12-17(3,13-7-4-5-8-13)15-10-6-9-14(15)16;;;/h4-5,7-9,11-15H,6,10H2,1-3H3;2*1H;/q-1;;;+3/p-2. The number of allylic oxidation sites excluding steroid dienone is 6. The summed E-state index contributed by atoms with van der Waals surface area (Å²) in [5, 5.41) is 0. The number of halogens is 2. The zero-order valence-corrected chi connectivity index (χ0v) is 16.4. The van der Waals surface area contributed by atoms with E-state index in [0.29, 0.717) is 16.7 Å². The van der Waals surface area contributed by atoms with Crippen LogP contribution in [0.2, 0.25) is 0 Å². The minimum atomic E-state index is 0. The average molecular weight is 390 g/mol. The summed E-state index contributed by atoms with van der Waals surface area (Å²) >= 11 is 0. The molecule has 3 aliphatic carbocycles. The first-order valence-electron chi connectivity index (χ1n) is 6.93. The van der Waals surface area contributed by atoms with Gasteiger partial charge in [-0.1, -0.05) is 69.6 Å². The van der Waals surface area contributed by atoms with Crippen LogP contribution in [0.15, 0.2) is 36.5 Å². The van der Waals surface area contributed by atoms with Gasteiger partial charge < -0.3 is 31.2 Å². The van der Waals surface area contributed by atoms with Crippen LogP contribution >= 0.6 is 0 Å². The van der Waals surface area contributed by atoms with Crippen molar-refractivity contribution in [3.63, 3.8) is 0 Å². The fourth-order valence-electron chi connectivity index (χ4n) is 4.15. The van der Waals surface area contributed by atoms with E-state index >= 15 is 0 Å². The third-order valence-corrected chi connectivity index (χ3v) is 5.33. The first kappa shape index (κ1) is 20.7. The fourth-order valence-corrected chi connectivity index (χ4v) is 4.15. The van der Waals surface area contributed by atoms with Crippen LogP contribution in [0, 0.1) is 35.0 Å². The Balaban J connectivity index is 0.00000120. The molecule has 3 atom stereocenters. The van der Waals surface area contributed by atoms with Crippen LogP contribution in [0.25, 0.3) is 0 Å². The van der Waals surface area contributed by atoms with Gasteiger partial charge in [0, 0.05) is 5.92 Å². The van der Waals surface area contributed by atoms with Crippen molar-refractivity contribution < 1.29 is 51.0 Å². The minimum absolute atomic E-state index is 0. The first-order valence-corrected chi connectivity index (χ1v) is 6.93. The van der Waals surface area contributed by atoms with Crippen molar-refractivity contribution in [1.82, 2.24) is 0 Å². The van der Waals surface area contributed by atoms with Gasteiger partial charge in [0.1, 0.15) is 0 Å². The second kappa shape index (κ2) is 7.30. The summed E-state index contributed by atoms with van der Waals surface area (Å²) in [5.74, 6) is 2.19. The van der Waals surface area contributed by atoms with Crippen molar-refractivity contribution in [2.45, 2.75) is 33.6 Å². The maximum absolute atomic E-state index is 2.58. The molecular formula is C17H23Cl2Zr. The van der Waals surface area contributed by atoms with Crippen molar-refractivity contribution in [1.29, 1.82) is 0 Å². The summed E-state index contributed by atoms with van der Waals surface area (Å²) in [4.78, 5) is 0. The van der Waals surface area contributed by atoms with Gasteiger partial charge in [0.05, 0.1) is 0 Å². The molecule has 3 heteroatoms. The Hall–Kier alpha value is 0.683. The Morgan fingerprint density at radius 1 is 1.00 bits per heavy atom. The third kappa shape index (κ3) is 3.21. The maximum atomic E-state index is 2.58. The summed E-state index contributed by atoms with van der Waals surface area (Å²) in [6.45, 7) is 7.24. The third-order valence-electron chi connectivity index (χ3n) is 5.33. The van der Waals surface area contributed by atoms with Gasteiger partial charge in [-0.15, -0.1) is 0 Å². The molecule has 0 bridgehead atoms. The van der Waals surface area contributed by atoms with Crippen LogP contribution in [0.3, 0.4) is 0 Å². The van der Waals surface area contributed by atoms with E-state index in [0.717, 1.165) is 11.8 Å². The van der Waals surface area contributed by atoms with Crippen molar-refractivity contribution in [3.05, 3.63) is 42.9 Å². The molecule has 20 heavy (non-hydrogen) atoms. The topological polar surface area (TPSA) is 0 Å². The normalized spacial score (nSPS) is 36.8. The smallest absolute Gasteiger partial charge is 1.00 e. The van der Waals surface area contributed by atoms with Crippen molar-refractivity contribution in [3.8, 4) is 0 Å². The second-order valence-electron chi connectivity index (χ2n) is 6.76. The van der Waals surface area contributed by atoms with Crippen LogP contribution in [-0.4, -0.2) is 0 Å². The average Bonchev–Trinajstić information content (AvgIpc) is 2.94. The molecule has 0 amide bonds. The summed E-state index contributed by atoms with van der Waals surface area (Å²) in [6.07, 6.45) is 19.4. The van der Waals surface area contributed by atoms with Crippen LogP contribution in [0.4, 0.5) is 0 Å². The van der Waals surface area contributed by atoms with E-state index in [4.69, 9.17) is 0 Å². The van der Waals surface area contributed by atoms with E-state index < -0.39 is 0 Å². The van der Waals surface area contributed by atoms with Crippen LogP contribution in [0.5, 0.6) is 0 Å². The van der Waals surface area contributed by atoms with E-state index in [2.05, 4.69) is 63.6 Å². The van der Waals surface area contributed by atoms with Crippen molar-refractivity contribution >= 4 is 0 Å². The van der Waals surface area contributed by atoms with Crippen molar-refractivity contribution in [2.24, 2.45) is 28.6 Å². The number of hydrogen-bond donors (Lipinski definition) is 0. The Kier molecular flexibility index (Phi) is 7.55. The monoisotopic (exact) mass is 387 g/mol. The molecule has 3 rings (SSSR count). The van der Waals surface area contributed by atoms with Gasteiger partial charge in [-0.25, -0.2) is 0 Å². The molecule has 0 N–H and O–H groups in total.